The highest BCUT2D eigenvalue weighted by molar-refractivity contribution is 5.89. The fraction of sp³-hybridized carbons (Fsp3) is 0.474. The molecule has 0 saturated heterocycles. The fourth-order valence-corrected chi connectivity index (χ4v) is 5.11. The number of carbonyl (C=O) groups excluding carboxylic acids is 2. The minimum absolute atomic E-state index is 0.0450. The van der Waals surface area contributed by atoms with Crippen LogP contribution < -0.4 is 25.4 Å². The molecular formula is C38H53N3O5. The van der Waals surface area contributed by atoms with E-state index in [1.165, 1.54) is 83.5 Å². The van der Waals surface area contributed by atoms with E-state index in [0.717, 1.165) is 12.8 Å². The van der Waals surface area contributed by atoms with Crippen LogP contribution in [0, 0.1) is 0 Å². The van der Waals surface area contributed by atoms with Crippen molar-refractivity contribution in [1.29, 1.82) is 0 Å². The molecule has 8 heteroatoms. The standard InChI is InChI=1S/C38H53N3O5/c1-2-3-4-5-6-7-8-9-10-11-12-13-14-15-16-17-37(43)39-30-40-38(44)41-31-18-22-33(23-19-31)45-35-26-28-36(29-27-35)46-34-24-20-32(42)21-25-34/h18-29,42H,2-17,30H2,1H3,(H,39,43)(H2,40,41,44). The summed E-state index contributed by atoms with van der Waals surface area (Å²) in [7, 11) is 0. The van der Waals surface area contributed by atoms with Crippen molar-refractivity contribution in [2.75, 3.05) is 12.0 Å². The van der Waals surface area contributed by atoms with Crippen molar-refractivity contribution >= 4 is 17.6 Å². The van der Waals surface area contributed by atoms with Gasteiger partial charge in [-0.3, -0.25) is 4.79 Å². The van der Waals surface area contributed by atoms with Gasteiger partial charge < -0.3 is 30.5 Å². The smallest absolute Gasteiger partial charge is 0.320 e. The molecule has 0 unspecified atom stereocenters. The van der Waals surface area contributed by atoms with Gasteiger partial charge in [-0.25, -0.2) is 4.79 Å². The maximum absolute atomic E-state index is 12.2. The molecule has 0 heterocycles. The van der Waals surface area contributed by atoms with Gasteiger partial charge >= 0.3 is 6.03 Å². The van der Waals surface area contributed by atoms with E-state index in [-0.39, 0.29) is 18.3 Å². The normalized spacial score (nSPS) is 10.7. The number of ether oxygens (including phenoxy) is 2. The van der Waals surface area contributed by atoms with Crippen LogP contribution in [0.15, 0.2) is 72.8 Å². The number of benzene rings is 3. The largest absolute Gasteiger partial charge is 0.508 e. The summed E-state index contributed by atoms with van der Waals surface area (Å²) >= 11 is 0. The van der Waals surface area contributed by atoms with Crippen LogP contribution in [-0.2, 0) is 4.79 Å². The molecular weight excluding hydrogens is 578 g/mol. The first kappa shape index (κ1) is 36.3. The number of unbranched alkanes of at least 4 members (excludes halogenated alkanes) is 14. The van der Waals surface area contributed by atoms with E-state index in [4.69, 9.17) is 9.47 Å². The number of amides is 3. The molecule has 0 aliphatic carbocycles. The summed E-state index contributed by atoms with van der Waals surface area (Å²) in [6.07, 6.45) is 19.9. The molecule has 0 saturated carbocycles. The topological polar surface area (TPSA) is 109 Å². The Kier molecular flexibility index (Phi) is 17.6. The van der Waals surface area contributed by atoms with Crippen molar-refractivity contribution in [2.24, 2.45) is 0 Å². The van der Waals surface area contributed by atoms with Crippen molar-refractivity contribution < 1.29 is 24.2 Å². The second-order valence-electron chi connectivity index (χ2n) is 11.8. The van der Waals surface area contributed by atoms with Crippen molar-refractivity contribution in [1.82, 2.24) is 10.6 Å². The summed E-state index contributed by atoms with van der Waals surface area (Å²) < 4.78 is 11.6. The minimum Gasteiger partial charge on any atom is -0.508 e. The molecule has 8 nitrogen and oxygen atoms in total. The fourth-order valence-electron chi connectivity index (χ4n) is 5.11. The van der Waals surface area contributed by atoms with Crippen molar-refractivity contribution in [3.05, 3.63) is 72.8 Å². The second-order valence-corrected chi connectivity index (χ2v) is 11.8. The Morgan fingerprint density at radius 3 is 1.39 bits per heavy atom. The van der Waals surface area contributed by atoms with Crippen LogP contribution >= 0.6 is 0 Å². The lowest BCUT2D eigenvalue weighted by Crippen LogP contribution is -2.39. The van der Waals surface area contributed by atoms with E-state index in [9.17, 15) is 14.7 Å². The number of hydrogen-bond donors (Lipinski definition) is 4. The number of phenolic OH excluding ortho intramolecular Hbond substituents is 1. The third-order valence-corrected chi connectivity index (χ3v) is 7.79. The summed E-state index contributed by atoms with van der Waals surface area (Å²) in [4.78, 5) is 24.3. The maximum atomic E-state index is 12.2. The molecule has 0 spiro atoms. The highest BCUT2D eigenvalue weighted by Crippen LogP contribution is 2.28. The monoisotopic (exact) mass is 631 g/mol. The Morgan fingerprint density at radius 2 is 0.935 bits per heavy atom. The maximum Gasteiger partial charge on any atom is 0.320 e. The molecule has 3 rings (SSSR count). The first-order valence-electron chi connectivity index (χ1n) is 17.2. The first-order valence-corrected chi connectivity index (χ1v) is 17.2. The average Bonchev–Trinajstić information content (AvgIpc) is 3.06. The van der Waals surface area contributed by atoms with E-state index in [2.05, 4.69) is 22.9 Å². The molecule has 0 bridgehead atoms. The van der Waals surface area contributed by atoms with Gasteiger partial charge in [-0.15, -0.1) is 0 Å². The van der Waals surface area contributed by atoms with Crippen molar-refractivity contribution in [2.45, 2.75) is 110 Å². The first-order chi connectivity index (χ1) is 22.5. The number of nitrogens with one attached hydrogen (secondary N) is 3. The quantitative estimate of drug-likeness (QED) is 0.0615. The second kappa shape index (κ2) is 22.3. The van der Waals surface area contributed by atoms with Crippen LogP contribution in [0.3, 0.4) is 0 Å². The van der Waals surface area contributed by atoms with Gasteiger partial charge in [0.05, 0.1) is 6.67 Å². The summed E-state index contributed by atoms with van der Waals surface area (Å²) in [6, 6.07) is 20.3. The highest BCUT2D eigenvalue weighted by Gasteiger charge is 2.06. The third kappa shape index (κ3) is 16.2. The van der Waals surface area contributed by atoms with Crippen LogP contribution in [0.25, 0.3) is 0 Å². The van der Waals surface area contributed by atoms with Gasteiger partial charge in [0.1, 0.15) is 28.7 Å². The van der Waals surface area contributed by atoms with Crippen molar-refractivity contribution in [3.63, 3.8) is 0 Å². The van der Waals surface area contributed by atoms with Gasteiger partial charge in [0, 0.05) is 12.1 Å². The van der Waals surface area contributed by atoms with Gasteiger partial charge in [0.15, 0.2) is 0 Å². The molecule has 4 N–H and O–H groups in total. The Balaban J connectivity index is 1.17. The van der Waals surface area contributed by atoms with E-state index in [0.29, 0.717) is 35.1 Å². The van der Waals surface area contributed by atoms with E-state index >= 15 is 0 Å². The lowest BCUT2D eigenvalue weighted by molar-refractivity contribution is -0.121. The van der Waals surface area contributed by atoms with Crippen molar-refractivity contribution in [3.8, 4) is 28.7 Å². The molecule has 0 atom stereocenters. The molecule has 0 aliphatic heterocycles. The van der Waals surface area contributed by atoms with E-state index < -0.39 is 6.03 Å². The Bertz CT molecular complexity index is 1250. The van der Waals surface area contributed by atoms with E-state index in [1.54, 1.807) is 72.8 Å². The molecule has 3 amide bonds. The lowest BCUT2D eigenvalue weighted by atomic mass is 10.0. The zero-order valence-corrected chi connectivity index (χ0v) is 27.5. The Hall–Kier alpha value is -4.20. The van der Waals surface area contributed by atoms with E-state index in [1.807, 2.05) is 0 Å². The SMILES string of the molecule is CCCCCCCCCCCCCCCCCC(=O)NCNC(=O)Nc1ccc(Oc2ccc(Oc3ccc(O)cc3)cc2)cc1. The molecule has 3 aromatic carbocycles. The lowest BCUT2D eigenvalue weighted by Gasteiger charge is -2.11. The zero-order valence-electron chi connectivity index (χ0n) is 27.5. The van der Waals surface area contributed by atoms with Gasteiger partial charge in [-0.1, -0.05) is 96.8 Å². The molecule has 3 aromatic rings. The van der Waals surface area contributed by atoms with Crippen LogP contribution in [0.5, 0.6) is 28.7 Å². The van der Waals surface area contributed by atoms with Gasteiger partial charge in [-0.2, -0.15) is 0 Å². The average molecular weight is 632 g/mol. The highest BCUT2D eigenvalue weighted by atomic mass is 16.5. The zero-order chi connectivity index (χ0) is 32.7. The number of phenols is 1. The number of rotatable bonds is 23. The summed E-state index contributed by atoms with van der Waals surface area (Å²) in [5, 5.41) is 17.6. The molecule has 0 aliphatic rings. The number of carbonyl (C=O) groups is 2. The summed E-state index contributed by atoms with van der Waals surface area (Å²) in [5.41, 5.74) is 0.603. The molecule has 0 aromatic heterocycles. The molecule has 0 radical (unpaired) electrons. The van der Waals surface area contributed by atoms with Gasteiger partial charge in [0.2, 0.25) is 5.91 Å². The van der Waals surface area contributed by atoms with Crippen LogP contribution in [0.1, 0.15) is 110 Å². The van der Waals surface area contributed by atoms with Gasteiger partial charge in [0.25, 0.3) is 0 Å². The number of anilines is 1. The number of aromatic hydroxyl groups is 1. The number of urea groups is 1. The Labute approximate surface area is 275 Å². The molecule has 250 valence electrons. The van der Waals surface area contributed by atoms with Crippen LogP contribution in [-0.4, -0.2) is 23.7 Å². The molecule has 0 fully saturated rings. The van der Waals surface area contributed by atoms with Gasteiger partial charge in [-0.05, 0) is 79.2 Å². The number of hydrogen-bond acceptors (Lipinski definition) is 5. The predicted molar refractivity (Wildman–Crippen MR) is 186 cm³/mol. The predicted octanol–water partition coefficient (Wildman–Crippen LogP) is 10.4. The minimum atomic E-state index is -0.398. The van der Waals surface area contributed by atoms with Crippen LogP contribution in [0.2, 0.25) is 0 Å². The van der Waals surface area contributed by atoms with Crippen LogP contribution in [0.4, 0.5) is 10.5 Å². The third-order valence-electron chi connectivity index (χ3n) is 7.79. The Morgan fingerprint density at radius 1 is 0.543 bits per heavy atom. The summed E-state index contributed by atoms with van der Waals surface area (Å²) in [5.74, 6) is 2.65. The molecule has 46 heavy (non-hydrogen) atoms. The summed E-state index contributed by atoms with van der Waals surface area (Å²) in [6.45, 7) is 2.35.